The molecule has 3 rings (SSSR count). The Morgan fingerprint density at radius 3 is 2.46 bits per heavy atom. The predicted molar refractivity (Wildman–Crippen MR) is 106 cm³/mol. The van der Waals surface area contributed by atoms with E-state index in [2.05, 4.69) is 25.7 Å². The molecule has 0 amide bonds. The second kappa shape index (κ2) is 8.45. The SMILES string of the molecule is Cc1ccc([C@@H]2CN(C(C)(C)C)CC2ON2CCN(CC(=O)O)CC2)c(F)c1. The summed E-state index contributed by atoms with van der Waals surface area (Å²) in [6.45, 7) is 12.6. The Hall–Kier alpha value is -1.54. The van der Waals surface area contributed by atoms with Crippen LogP contribution >= 0.6 is 0 Å². The van der Waals surface area contributed by atoms with Crippen molar-refractivity contribution in [2.24, 2.45) is 0 Å². The van der Waals surface area contributed by atoms with Crippen molar-refractivity contribution >= 4 is 5.97 Å². The van der Waals surface area contributed by atoms with Crippen molar-refractivity contribution in [3.05, 3.63) is 35.1 Å². The second-order valence-corrected chi connectivity index (χ2v) is 8.95. The highest BCUT2D eigenvalue weighted by atomic mass is 19.1. The topological polar surface area (TPSA) is 56.2 Å². The molecule has 2 aliphatic rings. The van der Waals surface area contributed by atoms with Crippen LogP contribution in [0.1, 0.15) is 37.8 Å². The maximum atomic E-state index is 14.7. The average molecular weight is 394 g/mol. The first-order valence-corrected chi connectivity index (χ1v) is 10.0. The summed E-state index contributed by atoms with van der Waals surface area (Å²) < 4.78 is 14.7. The van der Waals surface area contributed by atoms with Gasteiger partial charge in [0.25, 0.3) is 0 Å². The third-order valence-electron chi connectivity index (χ3n) is 5.74. The smallest absolute Gasteiger partial charge is 0.317 e. The summed E-state index contributed by atoms with van der Waals surface area (Å²) in [4.78, 5) is 21.5. The Morgan fingerprint density at radius 2 is 1.89 bits per heavy atom. The highest BCUT2D eigenvalue weighted by molar-refractivity contribution is 5.69. The Labute approximate surface area is 166 Å². The van der Waals surface area contributed by atoms with Crippen molar-refractivity contribution in [2.75, 3.05) is 45.8 Å². The number of piperazine rings is 1. The number of rotatable bonds is 5. The highest BCUT2D eigenvalue weighted by Crippen LogP contribution is 2.35. The van der Waals surface area contributed by atoms with Gasteiger partial charge in [-0.1, -0.05) is 12.1 Å². The Kier molecular flexibility index (Phi) is 6.39. The molecule has 2 fully saturated rings. The fraction of sp³-hybridized carbons (Fsp3) is 0.667. The van der Waals surface area contributed by atoms with E-state index in [0.717, 1.165) is 18.7 Å². The van der Waals surface area contributed by atoms with E-state index in [9.17, 15) is 9.18 Å². The van der Waals surface area contributed by atoms with E-state index in [4.69, 9.17) is 9.94 Å². The molecule has 156 valence electrons. The van der Waals surface area contributed by atoms with Gasteiger partial charge in [-0.15, -0.1) is 0 Å². The Bertz CT molecular complexity index is 699. The molecule has 0 saturated carbocycles. The van der Waals surface area contributed by atoms with Gasteiger partial charge < -0.3 is 5.11 Å². The fourth-order valence-electron chi connectivity index (χ4n) is 4.04. The zero-order valence-corrected chi connectivity index (χ0v) is 17.3. The summed E-state index contributed by atoms with van der Waals surface area (Å²) in [6.07, 6.45) is -0.123. The summed E-state index contributed by atoms with van der Waals surface area (Å²) in [6, 6.07) is 5.44. The first-order chi connectivity index (χ1) is 13.1. The summed E-state index contributed by atoms with van der Waals surface area (Å²) in [5, 5.41) is 10.9. The molecule has 2 aliphatic heterocycles. The number of hydrogen-bond acceptors (Lipinski definition) is 5. The summed E-state index contributed by atoms with van der Waals surface area (Å²) in [7, 11) is 0. The maximum absolute atomic E-state index is 14.7. The molecule has 2 heterocycles. The lowest BCUT2D eigenvalue weighted by atomic mass is 9.94. The van der Waals surface area contributed by atoms with Gasteiger partial charge in [0.1, 0.15) is 11.9 Å². The number of aliphatic carboxylic acids is 1. The van der Waals surface area contributed by atoms with Gasteiger partial charge in [-0.25, -0.2) is 4.39 Å². The van der Waals surface area contributed by atoms with Crippen LogP contribution in [0.2, 0.25) is 0 Å². The van der Waals surface area contributed by atoms with Crippen molar-refractivity contribution in [1.82, 2.24) is 14.9 Å². The van der Waals surface area contributed by atoms with Crippen LogP contribution in [0.3, 0.4) is 0 Å². The van der Waals surface area contributed by atoms with Crippen molar-refractivity contribution in [3.8, 4) is 0 Å². The zero-order valence-electron chi connectivity index (χ0n) is 17.3. The molecule has 0 radical (unpaired) electrons. The zero-order chi connectivity index (χ0) is 20.5. The van der Waals surface area contributed by atoms with Gasteiger partial charge in [0.2, 0.25) is 0 Å². The van der Waals surface area contributed by atoms with E-state index in [0.29, 0.717) is 31.7 Å². The van der Waals surface area contributed by atoms with Crippen molar-refractivity contribution in [3.63, 3.8) is 0 Å². The van der Waals surface area contributed by atoms with Crippen LogP contribution in [0.4, 0.5) is 4.39 Å². The number of benzene rings is 1. The van der Waals surface area contributed by atoms with Crippen molar-refractivity contribution < 1.29 is 19.1 Å². The lowest BCUT2D eigenvalue weighted by Gasteiger charge is -2.36. The number of hydrogen-bond donors (Lipinski definition) is 1. The van der Waals surface area contributed by atoms with Crippen LogP contribution in [0, 0.1) is 12.7 Å². The maximum Gasteiger partial charge on any atom is 0.317 e. The number of nitrogens with zero attached hydrogens (tertiary/aromatic N) is 3. The molecule has 1 N–H and O–H groups in total. The third-order valence-corrected chi connectivity index (χ3v) is 5.74. The van der Waals surface area contributed by atoms with E-state index in [1.165, 1.54) is 0 Å². The van der Waals surface area contributed by atoms with Crippen molar-refractivity contribution in [2.45, 2.75) is 45.3 Å². The molecule has 28 heavy (non-hydrogen) atoms. The predicted octanol–water partition coefficient (Wildman–Crippen LogP) is 2.33. The molecule has 0 aliphatic carbocycles. The monoisotopic (exact) mass is 393 g/mol. The molecule has 0 bridgehead atoms. The number of carboxylic acid groups (broad SMARTS) is 1. The van der Waals surface area contributed by atoms with Crippen molar-refractivity contribution in [1.29, 1.82) is 0 Å². The molecular formula is C21H32FN3O3. The molecule has 1 aromatic carbocycles. The van der Waals surface area contributed by atoms with Gasteiger partial charge in [-0.2, -0.15) is 5.06 Å². The quantitative estimate of drug-likeness (QED) is 0.829. The first-order valence-electron chi connectivity index (χ1n) is 10.0. The molecule has 6 nitrogen and oxygen atoms in total. The van der Waals surface area contributed by atoms with Crippen LogP contribution in [-0.4, -0.2) is 83.4 Å². The molecule has 1 aromatic rings. The largest absolute Gasteiger partial charge is 0.480 e. The number of aryl methyl sites for hydroxylation is 1. The van der Waals surface area contributed by atoms with Gasteiger partial charge in [-0.05, 0) is 44.9 Å². The number of hydroxylamine groups is 2. The van der Waals surface area contributed by atoms with E-state index < -0.39 is 5.97 Å². The van der Waals surface area contributed by atoms with Gasteiger partial charge in [0.15, 0.2) is 0 Å². The fourth-order valence-corrected chi connectivity index (χ4v) is 4.04. The molecule has 0 spiro atoms. The molecule has 7 heteroatoms. The van der Waals surface area contributed by atoms with Gasteiger partial charge in [-0.3, -0.25) is 19.4 Å². The highest BCUT2D eigenvalue weighted by Gasteiger charge is 2.41. The minimum absolute atomic E-state index is 0.0162. The summed E-state index contributed by atoms with van der Waals surface area (Å²) in [5.41, 5.74) is 1.61. The molecule has 0 aromatic heterocycles. The molecule has 2 atom stereocenters. The van der Waals surface area contributed by atoms with Gasteiger partial charge >= 0.3 is 5.97 Å². The number of halogens is 1. The molecule has 2 saturated heterocycles. The van der Waals surface area contributed by atoms with Crippen LogP contribution in [0.5, 0.6) is 0 Å². The summed E-state index contributed by atoms with van der Waals surface area (Å²) >= 11 is 0. The minimum Gasteiger partial charge on any atom is -0.480 e. The van der Waals surface area contributed by atoms with Gasteiger partial charge in [0, 0.05) is 50.7 Å². The van der Waals surface area contributed by atoms with E-state index in [-0.39, 0.29) is 29.9 Å². The standard InChI is InChI=1S/C21H32FN3O3/c1-15-5-6-16(18(22)11-15)17-12-24(21(2,3)4)13-19(17)28-25-9-7-23(8-10-25)14-20(26)27/h5-6,11,17,19H,7-10,12-14H2,1-4H3,(H,26,27)/t17-,19?/m0/s1. The van der Waals surface area contributed by atoms with Crippen LogP contribution in [0.15, 0.2) is 18.2 Å². The average Bonchev–Trinajstić information content (AvgIpc) is 3.00. The van der Waals surface area contributed by atoms with E-state index in [1.807, 2.05) is 29.0 Å². The van der Waals surface area contributed by atoms with Gasteiger partial charge in [0.05, 0.1) is 6.54 Å². The van der Waals surface area contributed by atoms with Crippen LogP contribution in [0.25, 0.3) is 0 Å². The Morgan fingerprint density at radius 1 is 1.21 bits per heavy atom. The van der Waals surface area contributed by atoms with E-state index in [1.54, 1.807) is 6.07 Å². The lowest BCUT2D eigenvalue weighted by molar-refractivity contribution is -0.212. The molecular weight excluding hydrogens is 361 g/mol. The number of carbonyl (C=O) groups is 1. The number of likely N-dealkylation sites (tertiary alicyclic amines) is 1. The van der Waals surface area contributed by atoms with E-state index >= 15 is 0 Å². The van der Waals surface area contributed by atoms with Crippen LogP contribution in [-0.2, 0) is 9.63 Å². The lowest BCUT2D eigenvalue weighted by Crippen LogP contribution is -2.49. The first kappa shape index (κ1) is 21.2. The minimum atomic E-state index is -0.805. The Balaban J connectivity index is 1.70. The summed E-state index contributed by atoms with van der Waals surface area (Å²) in [5.74, 6) is -1.00. The number of carboxylic acids is 1. The van der Waals surface area contributed by atoms with Crippen LogP contribution < -0.4 is 0 Å². The normalized spacial score (nSPS) is 25.3. The second-order valence-electron chi connectivity index (χ2n) is 8.95. The molecule has 1 unspecified atom stereocenters. The third kappa shape index (κ3) is 5.08.